The number of carbonyl (C=O) groups excluding carboxylic acids is 2. The Hall–Kier alpha value is -1.55. The van der Waals surface area contributed by atoms with Gasteiger partial charge in [0.2, 0.25) is 0 Å². The maximum Gasteiger partial charge on any atom is 0.309 e. The van der Waals surface area contributed by atoms with E-state index in [-0.39, 0.29) is 0 Å². The minimum atomic E-state index is -0.574. The molecule has 1 rings (SSSR count). The fourth-order valence-electron chi connectivity index (χ4n) is 1.71. The van der Waals surface area contributed by atoms with E-state index in [0.717, 1.165) is 24.8 Å². The van der Waals surface area contributed by atoms with Crippen molar-refractivity contribution in [1.29, 1.82) is 0 Å². The van der Waals surface area contributed by atoms with E-state index in [2.05, 4.69) is 17.6 Å². The topological polar surface area (TPSA) is 58.2 Å². The lowest BCUT2D eigenvalue weighted by molar-refractivity contribution is -0.139. The van der Waals surface area contributed by atoms with Crippen molar-refractivity contribution in [2.75, 3.05) is 13.1 Å². The molecular formula is C15H21ClN2O2. The van der Waals surface area contributed by atoms with Crippen molar-refractivity contribution in [1.82, 2.24) is 10.6 Å². The first kappa shape index (κ1) is 16.5. The van der Waals surface area contributed by atoms with E-state index in [0.29, 0.717) is 24.5 Å². The van der Waals surface area contributed by atoms with Crippen LogP contribution in [0.1, 0.15) is 31.7 Å². The second-order valence-electron chi connectivity index (χ2n) is 4.60. The van der Waals surface area contributed by atoms with E-state index in [1.807, 2.05) is 12.1 Å². The Morgan fingerprint density at radius 3 is 2.20 bits per heavy atom. The third-order valence-corrected chi connectivity index (χ3v) is 3.14. The molecule has 0 saturated carbocycles. The molecule has 0 radical (unpaired) electrons. The lowest BCUT2D eigenvalue weighted by Crippen LogP contribution is -2.40. The van der Waals surface area contributed by atoms with E-state index >= 15 is 0 Å². The van der Waals surface area contributed by atoms with Gasteiger partial charge in [-0.25, -0.2) is 0 Å². The van der Waals surface area contributed by atoms with Gasteiger partial charge >= 0.3 is 11.8 Å². The number of halogens is 1. The number of hydrogen-bond acceptors (Lipinski definition) is 2. The molecule has 0 aliphatic rings. The van der Waals surface area contributed by atoms with Gasteiger partial charge < -0.3 is 10.6 Å². The van der Waals surface area contributed by atoms with E-state index in [9.17, 15) is 9.59 Å². The molecule has 0 aliphatic heterocycles. The van der Waals surface area contributed by atoms with Crippen LogP contribution < -0.4 is 10.6 Å². The van der Waals surface area contributed by atoms with Crippen LogP contribution in [-0.4, -0.2) is 24.9 Å². The van der Waals surface area contributed by atoms with E-state index in [1.54, 1.807) is 12.1 Å². The number of carbonyl (C=O) groups is 2. The van der Waals surface area contributed by atoms with Gasteiger partial charge in [-0.3, -0.25) is 9.59 Å². The third-order valence-electron chi connectivity index (χ3n) is 2.88. The molecule has 110 valence electrons. The number of benzene rings is 1. The molecule has 0 fully saturated rings. The Labute approximate surface area is 124 Å². The highest BCUT2D eigenvalue weighted by Crippen LogP contribution is 2.09. The van der Waals surface area contributed by atoms with Crippen molar-refractivity contribution in [2.24, 2.45) is 0 Å². The highest BCUT2D eigenvalue weighted by molar-refractivity contribution is 6.35. The molecule has 20 heavy (non-hydrogen) atoms. The summed E-state index contributed by atoms with van der Waals surface area (Å²) in [4.78, 5) is 23.0. The van der Waals surface area contributed by atoms with Crippen LogP contribution in [0.25, 0.3) is 0 Å². The van der Waals surface area contributed by atoms with Gasteiger partial charge in [-0.15, -0.1) is 0 Å². The van der Waals surface area contributed by atoms with E-state index in [1.165, 1.54) is 0 Å². The van der Waals surface area contributed by atoms with E-state index < -0.39 is 11.8 Å². The van der Waals surface area contributed by atoms with Gasteiger partial charge in [0.1, 0.15) is 0 Å². The van der Waals surface area contributed by atoms with Crippen molar-refractivity contribution in [3.63, 3.8) is 0 Å². The molecule has 0 spiro atoms. The Morgan fingerprint density at radius 2 is 1.60 bits per heavy atom. The summed E-state index contributed by atoms with van der Waals surface area (Å²) in [5.41, 5.74) is 1.07. The number of hydrogen-bond donors (Lipinski definition) is 2. The minimum absolute atomic E-state index is 0.433. The Bertz CT molecular complexity index is 432. The van der Waals surface area contributed by atoms with Crippen LogP contribution in [0.3, 0.4) is 0 Å². The van der Waals surface area contributed by atoms with Crippen LogP contribution in [0.15, 0.2) is 24.3 Å². The molecule has 5 heteroatoms. The van der Waals surface area contributed by atoms with E-state index in [4.69, 9.17) is 11.6 Å². The molecule has 0 atom stereocenters. The molecule has 1 aromatic carbocycles. The van der Waals surface area contributed by atoms with Crippen LogP contribution in [0, 0.1) is 0 Å². The summed E-state index contributed by atoms with van der Waals surface area (Å²) in [5, 5.41) is 5.89. The third kappa shape index (κ3) is 6.57. The number of nitrogens with one attached hydrogen (secondary N) is 2. The standard InChI is InChI=1S/C15H21ClN2O2/c1-2-3-4-10-17-14(19)15(20)18-11-9-12-5-7-13(16)8-6-12/h5-8H,2-4,9-11H2,1H3,(H,17,19)(H,18,20). The highest BCUT2D eigenvalue weighted by atomic mass is 35.5. The molecule has 0 bridgehead atoms. The van der Waals surface area contributed by atoms with Gasteiger partial charge in [0, 0.05) is 18.1 Å². The zero-order valence-corrected chi connectivity index (χ0v) is 12.5. The van der Waals surface area contributed by atoms with Crippen LogP contribution in [0.4, 0.5) is 0 Å². The zero-order valence-electron chi connectivity index (χ0n) is 11.7. The number of amides is 2. The minimum Gasteiger partial charge on any atom is -0.348 e. The average Bonchev–Trinajstić information content (AvgIpc) is 2.45. The summed E-state index contributed by atoms with van der Waals surface area (Å²) >= 11 is 5.79. The van der Waals surface area contributed by atoms with Gasteiger partial charge in [-0.2, -0.15) is 0 Å². The molecule has 0 heterocycles. The fourth-order valence-corrected chi connectivity index (χ4v) is 1.83. The maximum absolute atomic E-state index is 11.5. The van der Waals surface area contributed by atoms with Crippen molar-refractivity contribution < 1.29 is 9.59 Å². The fraction of sp³-hybridized carbons (Fsp3) is 0.467. The quantitative estimate of drug-likeness (QED) is 0.599. The highest BCUT2D eigenvalue weighted by Gasteiger charge is 2.11. The largest absolute Gasteiger partial charge is 0.348 e. The Kier molecular flexibility index (Phi) is 7.73. The summed E-state index contributed by atoms with van der Waals surface area (Å²) in [6.07, 6.45) is 3.72. The SMILES string of the molecule is CCCCCNC(=O)C(=O)NCCc1ccc(Cl)cc1. The van der Waals surface area contributed by atoms with Crippen molar-refractivity contribution in [3.8, 4) is 0 Å². The predicted molar refractivity (Wildman–Crippen MR) is 80.7 cm³/mol. The Balaban J connectivity index is 2.18. The smallest absolute Gasteiger partial charge is 0.309 e. The Morgan fingerprint density at radius 1 is 1.00 bits per heavy atom. The predicted octanol–water partition coefficient (Wildman–Crippen LogP) is 2.31. The zero-order chi connectivity index (χ0) is 14.8. The van der Waals surface area contributed by atoms with Crippen molar-refractivity contribution >= 4 is 23.4 Å². The van der Waals surface area contributed by atoms with Crippen LogP contribution in [0.2, 0.25) is 5.02 Å². The van der Waals surface area contributed by atoms with Gasteiger partial charge in [-0.1, -0.05) is 43.5 Å². The molecule has 1 aromatic rings. The summed E-state index contributed by atoms with van der Waals surface area (Å²) in [5.74, 6) is -1.13. The molecule has 4 nitrogen and oxygen atoms in total. The first-order valence-electron chi connectivity index (χ1n) is 6.94. The van der Waals surface area contributed by atoms with Gasteiger partial charge in [-0.05, 0) is 30.5 Å². The summed E-state index contributed by atoms with van der Waals surface area (Å²) in [7, 11) is 0. The molecule has 0 saturated heterocycles. The molecular weight excluding hydrogens is 276 g/mol. The second-order valence-corrected chi connectivity index (χ2v) is 5.03. The lowest BCUT2D eigenvalue weighted by Gasteiger charge is -2.06. The van der Waals surface area contributed by atoms with Gasteiger partial charge in [0.05, 0.1) is 0 Å². The number of rotatable bonds is 7. The maximum atomic E-state index is 11.5. The molecule has 2 amide bonds. The molecule has 0 aliphatic carbocycles. The van der Waals surface area contributed by atoms with Gasteiger partial charge in [0.15, 0.2) is 0 Å². The lowest BCUT2D eigenvalue weighted by atomic mass is 10.1. The van der Waals surface area contributed by atoms with Crippen LogP contribution in [-0.2, 0) is 16.0 Å². The molecule has 2 N–H and O–H groups in total. The molecule has 0 unspecified atom stereocenters. The van der Waals surface area contributed by atoms with Crippen LogP contribution >= 0.6 is 11.6 Å². The second kappa shape index (κ2) is 9.37. The normalized spacial score (nSPS) is 10.1. The van der Waals surface area contributed by atoms with Gasteiger partial charge in [0.25, 0.3) is 0 Å². The van der Waals surface area contributed by atoms with Crippen molar-refractivity contribution in [2.45, 2.75) is 32.6 Å². The van der Waals surface area contributed by atoms with Crippen LogP contribution in [0.5, 0.6) is 0 Å². The van der Waals surface area contributed by atoms with Crippen molar-refractivity contribution in [3.05, 3.63) is 34.9 Å². The summed E-state index contributed by atoms with van der Waals surface area (Å²) in [6, 6.07) is 7.41. The summed E-state index contributed by atoms with van der Waals surface area (Å²) < 4.78 is 0. The summed E-state index contributed by atoms with van der Waals surface area (Å²) in [6.45, 7) is 3.07. The average molecular weight is 297 g/mol. The first-order chi connectivity index (χ1) is 9.63. The monoisotopic (exact) mass is 296 g/mol. The first-order valence-corrected chi connectivity index (χ1v) is 7.31. The number of unbranched alkanes of at least 4 members (excludes halogenated alkanes) is 2. The molecule has 0 aromatic heterocycles.